The van der Waals surface area contributed by atoms with Crippen molar-refractivity contribution in [1.82, 2.24) is 0 Å². The molecule has 118 valence electrons. The molecule has 0 bridgehead atoms. The molecule has 0 aliphatic carbocycles. The lowest BCUT2D eigenvalue weighted by atomic mass is 9.95. The van der Waals surface area contributed by atoms with Crippen molar-refractivity contribution in [1.29, 1.82) is 0 Å². The SMILES string of the molecule is CCC(CC)C(C)Nc1ccc(C(=O)O)c(C(F)(F)F)c1. The molecule has 1 aromatic rings. The first-order valence-corrected chi connectivity index (χ1v) is 6.91. The second kappa shape index (κ2) is 6.83. The van der Waals surface area contributed by atoms with Crippen LogP contribution in [0.1, 0.15) is 49.5 Å². The van der Waals surface area contributed by atoms with Gasteiger partial charge in [0.1, 0.15) is 0 Å². The van der Waals surface area contributed by atoms with E-state index in [1.807, 2.05) is 20.8 Å². The molecule has 1 unspecified atom stereocenters. The van der Waals surface area contributed by atoms with Gasteiger partial charge in [-0.15, -0.1) is 0 Å². The normalized spacial score (nSPS) is 13.3. The Morgan fingerprint density at radius 1 is 1.29 bits per heavy atom. The molecule has 1 atom stereocenters. The van der Waals surface area contributed by atoms with Gasteiger partial charge in [0.15, 0.2) is 0 Å². The summed E-state index contributed by atoms with van der Waals surface area (Å²) in [6, 6.07) is 3.24. The second-order valence-electron chi connectivity index (χ2n) is 5.07. The minimum atomic E-state index is -4.69. The van der Waals surface area contributed by atoms with Gasteiger partial charge >= 0.3 is 12.1 Å². The quantitative estimate of drug-likeness (QED) is 0.805. The Bertz CT molecular complexity index is 496. The number of aromatic carboxylic acids is 1. The van der Waals surface area contributed by atoms with E-state index in [1.165, 1.54) is 6.07 Å². The van der Waals surface area contributed by atoms with Crippen LogP contribution in [0, 0.1) is 5.92 Å². The van der Waals surface area contributed by atoms with E-state index < -0.39 is 23.3 Å². The van der Waals surface area contributed by atoms with Crippen LogP contribution in [-0.2, 0) is 6.18 Å². The van der Waals surface area contributed by atoms with Crippen molar-refractivity contribution >= 4 is 11.7 Å². The summed E-state index contributed by atoms with van der Waals surface area (Å²) in [5.41, 5.74) is -1.58. The molecular formula is C15H20F3NO2. The van der Waals surface area contributed by atoms with Gasteiger partial charge in [-0.2, -0.15) is 13.2 Å². The molecule has 0 aromatic heterocycles. The molecule has 1 aromatic carbocycles. The van der Waals surface area contributed by atoms with Gasteiger partial charge in [-0.05, 0) is 31.0 Å². The highest BCUT2D eigenvalue weighted by molar-refractivity contribution is 5.90. The summed E-state index contributed by atoms with van der Waals surface area (Å²) >= 11 is 0. The molecule has 21 heavy (non-hydrogen) atoms. The molecule has 0 fully saturated rings. The van der Waals surface area contributed by atoms with Crippen molar-refractivity contribution in [3.8, 4) is 0 Å². The molecule has 2 N–H and O–H groups in total. The molecule has 1 rings (SSSR count). The van der Waals surface area contributed by atoms with E-state index >= 15 is 0 Å². The van der Waals surface area contributed by atoms with Gasteiger partial charge < -0.3 is 10.4 Å². The summed E-state index contributed by atoms with van der Waals surface area (Å²) in [5.74, 6) is -1.24. The van der Waals surface area contributed by atoms with Crippen LogP contribution in [0.25, 0.3) is 0 Å². The molecule has 0 heterocycles. The van der Waals surface area contributed by atoms with Crippen LogP contribution < -0.4 is 5.32 Å². The van der Waals surface area contributed by atoms with Crippen molar-refractivity contribution in [2.75, 3.05) is 5.32 Å². The van der Waals surface area contributed by atoms with Crippen molar-refractivity contribution < 1.29 is 23.1 Å². The molecule has 3 nitrogen and oxygen atoms in total. The van der Waals surface area contributed by atoms with Crippen LogP contribution in [0.5, 0.6) is 0 Å². The number of anilines is 1. The van der Waals surface area contributed by atoms with Gasteiger partial charge in [-0.1, -0.05) is 26.7 Å². The zero-order valence-corrected chi connectivity index (χ0v) is 12.3. The lowest BCUT2D eigenvalue weighted by Crippen LogP contribution is -2.25. The van der Waals surface area contributed by atoms with E-state index in [0.29, 0.717) is 5.92 Å². The number of hydrogen-bond acceptors (Lipinski definition) is 2. The van der Waals surface area contributed by atoms with Gasteiger partial charge in [0.2, 0.25) is 0 Å². The number of nitrogens with one attached hydrogen (secondary N) is 1. The average Bonchev–Trinajstić information content (AvgIpc) is 2.38. The van der Waals surface area contributed by atoms with Crippen LogP contribution in [0.2, 0.25) is 0 Å². The number of carboxylic acid groups (broad SMARTS) is 1. The average molecular weight is 303 g/mol. The predicted molar refractivity (Wildman–Crippen MR) is 75.6 cm³/mol. The number of carboxylic acids is 1. The van der Waals surface area contributed by atoms with Gasteiger partial charge in [0, 0.05) is 11.7 Å². The fourth-order valence-electron chi connectivity index (χ4n) is 2.43. The molecular weight excluding hydrogens is 283 g/mol. The van der Waals surface area contributed by atoms with Crippen molar-refractivity contribution in [3.05, 3.63) is 29.3 Å². The van der Waals surface area contributed by atoms with E-state index in [4.69, 9.17) is 5.11 Å². The summed E-state index contributed by atoms with van der Waals surface area (Å²) in [5, 5.41) is 11.9. The molecule has 0 amide bonds. The Kier molecular flexibility index (Phi) is 5.63. The number of carbonyl (C=O) groups is 1. The maximum atomic E-state index is 12.9. The van der Waals surface area contributed by atoms with E-state index in [9.17, 15) is 18.0 Å². The number of benzene rings is 1. The minimum Gasteiger partial charge on any atom is -0.478 e. The molecule has 6 heteroatoms. The number of hydrogen-bond donors (Lipinski definition) is 2. The molecule has 0 saturated carbocycles. The fraction of sp³-hybridized carbons (Fsp3) is 0.533. The Balaban J connectivity index is 3.09. The zero-order valence-electron chi connectivity index (χ0n) is 12.3. The van der Waals surface area contributed by atoms with E-state index in [0.717, 1.165) is 25.0 Å². The third-order valence-electron chi connectivity index (χ3n) is 3.71. The molecule has 0 spiro atoms. The maximum absolute atomic E-state index is 12.9. The standard InChI is InChI=1S/C15H20F3NO2/c1-4-10(5-2)9(3)19-11-6-7-12(14(20)21)13(8-11)15(16,17)18/h6-10,19H,4-5H2,1-3H3,(H,20,21). The summed E-state index contributed by atoms with van der Waals surface area (Å²) in [6.07, 6.45) is -2.85. The first-order chi connectivity index (χ1) is 9.70. The number of alkyl halides is 3. The Morgan fingerprint density at radius 3 is 2.29 bits per heavy atom. The monoisotopic (exact) mass is 303 g/mol. The third kappa shape index (κ3) is 4.37. The topological polar surface area (TPSA) is 49.3 Å². The van der Waals surface area contributed by atoms with Crippen LogP contribution in [0.4, 0.5) is 18.9 Å². The molecule has 0 saturated heterocycles. The first kappa shape index (κ1) is 17.3. The number of halogens is 3. The third-order valence-corrected chi connectivity index (χ3v) is 3.71. The predicted octanol–water partition coefficient (Wildman–Crippen LogP) is 4.64. The van der Waals surface area contributed by atoms with Crippen LogP contribution in [0.15, 0.2) is 18.2 Å². The summed E-state index contributed by atoms with van der Waals surface area (Å²) in [6.45, 7) is 5.97. The summed E-state index contributed by atoms with van der Waals surface area (Å²) < 4.78 is 38.8. The van der Waals surface area contributed by atoms with Crippen molar-refractivity contribution in [3.63, 3.8) is 0 Å². The molecule has 0 radical (unpaired) electrons. The molecule has 0 aliphatic heterocycles. The van der Waals surface area contributed by atoms with Gasteiger partial charge in [-0.3, -0.25) is 0 Å². The highest BCUT2D eigenvalue weighted by Gasteiger charge is 2.35. The van der Waals surface area contributed by atoms with Gasteiger partial charge in [-0.25, -0.2) is 4.79 Å². The summed E-state index contributed by atoms with van der Waals surface area (Å²) in [4.78, 5) is 10.9. The maximum Gasteiger partial charge on any atom is 0.417 e. The highest BCUT2D eigenvalue weighted by Crippen LogP contribution is 2.34. The van der Waals surface area contributed by atoms with E-state index in [2.05, 4.69) is 5.32 Å². The largest absolute Gasteiger partial charge is 0.478 e. The zero-order chi connectivity index (χ0) is 16.2. The Hall–Kier alpha value is -1.72. The second-order valence-corrected chi connectivity index (χ2v) is 5.07. The molecule has 0 aliphatic rings. The van der Waals surface area contributed by atoms with E-state index in [1.54, 1.807) is 0 Å². The highest BCUT2D eigenvalue weighted by atomic mass is 19.4. The minimum absolute atomic E-state index is 0.0109. The van der Waals surface area contributed by atoms with Crippen LogP contribution >= 0.6 is 0 Å². The number of rotatable bonds is 6. The first-order valence-electron chi connectivity index (χ1n) is 6.91. The summed E-state index contributed by atoms with van der Waals surface area (Å²) in [7, 11) is 0. The van der Waals surface area contributed by atoms with Gasteiger partial charge in [0.05, 0.1) is 11.1 Å². The lowest BCUT2D eigenvalue weighted by molar-refractivity contribution is -0.138. The van der Waals surface area contributed by atoms with Crippen molar-refractivity contribution in [2.45, 2.75) is 45.8 Å². The van der Waals surface area contributed by atoms with Crippen LogP contribution in [0.3, 0.4) is 0 Å². The lowest BCUT2D eigenvalue weighted by Gasteiger charge is -2.24. The van der Waals surface area contributed by atoms with E-state index in [-0.39, 0.29) is 11.7 Å². The fourth-order valence-corrected chi connectivity index (χ4v) is 2.43. The Labute approximate surface area is 122 Å². The Morgan fingerprint density at radius 2 is 1.86 bits per heavy atom. The smallest absolute Gasteiger partial charge is 0.417 e. The van der Waals surface area contributed by atoms with Gasteiger partial charge in [0.25, 0.3) is 0 Å². The van der Waals surface area contributed by atoms with Crippen molar-refractivity contribution in [2.24, 2.45) is 5.92 Å². The van der Waals surface area contributed by atoms with Crippen LogP contribution in [-0.4, -0.2) is 17.1 Å².